The van der Waals surface area contributed by atoms with Crippen LogP contribution in [0.4, 0.5) is 4.79 Å². The number of fused-ring (bicyclic) bond motifs is 1. The maximum Gasteiger partial charge on any atom is 0.318 e. The Morgan fingerprint density at radius 3 is 3.00 bits per heavy atom. The number of benzene rings is 1. The lowest BCUT2D eigenvalue weighted by Crippen LogP contribution is -2.43. The molecule has 2 aliphatic rings. The molecule has 0 saturated carbocycles. The van der Waals surface area contributed by atoms with Crippen molar-refractivity contribution < 1.29 is 9.53 Å². The number of amides is 2. The summed E-state index contributed by atoms with van der Waals surface area (Å²) in [6.45, 7) is 5.33. The van der Waals surface area contributed by atoms with E-state index in [2.05, 4.69) is 21.6 Å². The monoisotopic (exact) mass is 340 g/mol. The van der Waals surface area contributed by atoms with Gasteiger partial charge < -0.3 is 15.0 Å². The van der Waals surface area contributed by atoms with E-state index in [9.17, 15) is 4.79 Å². The number of nitrogens with zero attached hydrogens (tertiary/aromatic N) is 2. The summed E-state index contributed by atoms with van der Waals surface area (Å²) in [6, 6.07) is 8.16. The average Bonchev–Trinajstić information content (AvgIpc) is 3.31. The number of hydrogen-bond donors (Lipinski definition) is 2. The fraction of sp³-hybridized carbons (Fsp3) is 0.474. The summed E-state index contributed by atoms with van der Waals surface area (Å²) < 4.78 is 5.91. The zero-order chi connectivity index (χ0) is 17.4. The van der Waals surface area contributed by atoms with Gasteiger partial charge in [-0.1, -0.05) is 18.2 Å². The number of carbonyl (C=O) groups excluding carboxylic acids is 1. The summed E-state index contributed by atoms with van der Waals surface area (Å²) in [5, 5.41) is 10.4. The van der Waals surface area contributed by atoms with Gasteiger partial charge in [-0.3, -0.25) is 5.10 Å². The molecule has 2 atom stereocenters. The number of aryl methyl sites for hydroxylation is 2. The van der Waals surface area contributed by atoms with Crippen LogP contribution in [-0.2, 0) is 6.42 Å². The van der Waals surface area contributed by atoms with Crippen LogP contribution in [0.25, 0.3) is 0 Å². The molecule has 1 fully saturated rings. The SMILES string of the molecule is Cc1n[nH]c(C)c1[C@H]1CCCN1C(=O)NC[C@@H]1Cc2ccccc2O1. The zero-order valence-corrected chi connectivity index (χ0v) is 14.7. The lowest BCUT2D eigenvalue weighted by molar-refractivity contribution is 0.180. The van der Waals surface area contributed by atoms with Gasteiger partial charge in [0.05, 0.1) is 18.3 Å². The topological polar surface area (TPSA) is 70.2 Å². The Labute approximate surface area is 147 Å². The van der Waals surface area contributed by atoms with Crippen LogP contribution in [0.2, 0.25) is 0 Å². The van der Waals surface area contributed by atoms with Crippen molar-refractivity contribution in [3.63, 3.8) is 0 Å². The van der Waals surface area contributed by atoms with Gasteiger partial charge in [-0.15, -0.1) is 0 Å². The number of aromatic nitrogens is 2. The summed E-state index contributed by atoms with van der Waals surface area (Å²) in [5.41, 5.74) is 4.41. The molecular formula is C19H24N4O2. The Morgan fingerprint density at radius 1 is 1.40 bits per heavy atom. The fourth-order valence-corrected chi connectivity index (χ4v) is 4.03. The first-order valence-corrected chi connectivity index (χ1v) is 8.94. The fourth-order valence-electron chi connectivity index (χ4n) is 4.03. The third-order valence-corrected chi connectivity index (χ3v) is 5.23. The highest BCUT2D eigenvalue weighted by Gasteiger charge is 2.33. The minimum Gasteiger partial charge on any atom is -0.488 e. The molecule has 2 aromatic rings. The molecule has 2 aliphatic heterocycles. The van der Waals surface area contributed by atoms with Crippen molar-refractivity contribution in [2.75, 3.05) is 13.1 Å². The second-order valence-electron chi connectivity index (χ2n) is 6.94. The van der Waals surface area contributed by atoms with E-state index in [1.54, 1.807) is 0 Å². The summed E-state index contributed by atoms with van der Waals surface area (Å²) in [4.78, 5) is 14.7. The predicted octanol–water partition coefficient (Wildman–Crippen LogP) is 2.88. The molecule has 2 amide bonds. The number of para-hydroxylation sites is 1. The molecule has 1 saturated heterocycles. The first kappa shape index (κ1) is 16.0. The normalized spacial score (nSPS) is 21.9. The van der Waals surface area contributed by atoms with Crippen molar-refractivity contribution >= 4 is 6.03 Å². The average molecular weight is 340 g/mol. The van der Waals surface area contributed by atoms with Crippen molar-refractivity contribution in [2.45, 2.75) is 45.3 Å². The minimum atomic E-state index is -0.0120. The second-order valence-corrected chi connectivity index (χ2v) is 6.94. The predicted molar refractivity (Wildman–Crippen MR) is 94.7 cm³/mol. The highest BCUT2D eigenvalue weighted by molar-refractivity contribution is 5.75. The Hall–Kier alpha value is -2.50. The number of urea groups is 1. The summed E-state index contributed by atoms with van der Waals surface area (Å²) in [5.74, 6) is 0.936. The van der Waals surface area contributed by atoms with Gasteiger partial charge in [0.15, 0.2) is 0 Å². The van der Waals surface area contributed by atoms with Gasteiger partial charge in [0.2, 0.25) is 0 Å². The number of carbonyl (C=O) groups is 1. The molecule has 132 valence electrons. The Kier molecular flexibility index (Phi) is 4.11. The third kappa shape index (κ3) is 2.97. The molecule has 4 rings (SSSR count). The Balaban J connectivity index is 1.38. The Bertz CT molecular complexity index is 741. The number of ether oxygens (including phenoxy) is 1. The van der Waals surface area contributed by atoms with Crippen LogP contribution in [0.3, 0.4) is 0 Å². The summed E-state index contributed by atoms with van der Waals surface area (Å²) >= 11 is 0. The van der Waals surface area contributed by atoms with Crippen molar-refractivity contribution in [1.82, 2.24) is 20.4 Å². The van der Waals surface area contributed by atoms with Gasteiger partial charge in [-0.2, -0.15) is 5.10 Å². The molecular weight excluding hydrogens is 316 g/mol. The largest absolute Gasteiger partial charge is 0.488 e. The van der Waals surface area contributed by atoms with Crippen molar-refractivity contribution in [2.24, 2.45) is 0 Å². The van der Waals surface area contributed by atoms with E-state index in [1.165, 1.54) is 5.56 Å². The highest BCUT2D eigenvalue weighted by atomic mass is 16.5. The maximum absolute atomic E-state index is 12.7. The third-order valence-electron chi connectivity index (χ3n) is 5.23. The molecule has 0 unspecified atom stereocenters. The zero-order valence-electron chi connectivity index (χ0n) is 14.7. The highest BCUT2D eigenvalue weighted by Crippen LogP contribution is 2.35. The number of likely N-dealkylation sites (tertiary alicyclic amines) is 1. The molecule has 0 bridgehead atoms. The standard InChI is InChI=1S/C19H24N4O2/c1-12-18(13(2)22-21-12)16-7-5-9-23(16)19(24)20-11-15-10-14-6-3-4-8-17(14)25-15/h3-4,6,8,15-16H,5,7,9-11H2,1-2H3,(H,20,24)(H,21,22)/t15-,16+/m0/s1. The van der Waals surface area contributed by atoms with E-state index in [1.807, 2.05) is 36.9 Å². The molecule has 1 aromatic carbocycles. The molecule has 0 spiro atoms. The van der Waals surface area contributed by atoms with Gasteiger partial charge in [0, 0.05) is 24.2 Å². The quantitative estimate of drug-likeness (QED) is 0.902. The molecule has 0 aliphatic carbocycles. The molecule has 3 heterocycles. The number of hydrogen-bond acceptors (Lipinski definition) is 3. The van der Waals surface area contributed by atoms with Crippen LogP contribution < -0.4 is 10.1 Å². The summed E-state index contributed by atoms with van der Waals surface area (Å²) in [6.07, 6.45) is 2.87. The van der Waals surface area contributed by atoms with E-state index < -0.39 is 0 Å². The van der Waals surface area contributed by atoms with Crippen LogP contribution in [0.1, 0.15) is 41.4 Å². The van der Waals surface area contributed by atoms with E-state index in [4.69, 9.17) is 4.74 Å². The van der Waals surface area contributed by atoms with Crippen LogP contribution in [-0.4, -0.2) is 40.3 Å². The van der Waals surface area contributed by atoms with Gasteiger partial charge in [-0.05, 0) is 38.3 Å². The van der Waals surface area contributed by atoms with Crippen LogP contribution in [0, 0.1) is 13.8 Å². The molecule has 1 aromatic heterocycles. The lowest BCUT2D eigenvalue weighted by atomic mass is 10.0. The van der Waals surface area contributed by atoms with Crippen molar-refractivity contribution in [3.8, 4) is 5.75 Å². The number of H-pyrrole nitrogens is 1. The smallest absolute Gasteiger partial charge is 0.318 e. The van der Waals surface area contributed by atoms with Crippen molar-refractivity contribution in [3.05, 3.63) is 46.8 Å². The molecule has 6 nitrogen and oxygen atoms in total. The minimum absolute atomic E-state index is 0.0120. The number of nitrogens with one attached hydrogen (secondary N) is 2. The molecule has 6 heteroatoms. The first-order valence-electron chi connectivity index (χ1n) is 8.94. The van der Waals surface area contributed by atoms with Crippen LogP contribution in [0.5, 0.6) is 5.75 Å². The van der Waals surface area contributed by atoms with E-state index in [0.717, 1.165) is 48.5 Å². The van der Waals surface area contributed by atoms with Gasteiger partial charge in [0.25, 0.3) is 0 Å². The van der Waals surface area contributed by atoms with Gasteiger partial charge >= 0.3 is 6.03 Å². The van der Waals surface area contributed by atoms with Crippen LogP contribution in [0.15, 0.2) is 24.3 Å². The van der Waals surface area contributed by atoms with E-state index in [-0.39, 0.29) is 18.2 Å². The Morgan fingerprint density at radius 2 is 2.24 bits per heavy atom. The molecule has 2 N–H and O–H groups in total. The first-order chi connectivity index (χ1) is 12.1. The van der Waals surface area contributed by atoms with E-state index in [0.29, 0.717) is 6.54 Å². The van der Waals surface area contributed by atoms with Crippen LogP contribution >= 0.6 is 0 Å². The number of aromatic amines is 1. The second kappa shape index (κ2) is 6.43. The maximum atomic E-state index is 12.7. The molecule has 25 heavy (non-hydrogen) atoms. The van der Waals surface area contributed by atoms with Gasteiger partial charge in [0.1, 0.15) is 11.9 Å². The van der Waals surface area contributed by atoms with E-state index >= 15 is 0 Å². The molecule has 0 radical (unpaired) electrons. The summed E-state index contributed by atoms with van der Waals surface area (Å²) in [7, 11) is 0. The lowest BCUT2D eigenvalue weighted by Gasteiger charge is -2.26. The van der Waals surface area contributed by atoms with Crippen molar-refractivity contribution in [1.29, 1.82) is 0 Å². The van der Waals surface area contributed by atoms with Gasteiger partial charge in [-0.25, -0.2) is 4.79 Å². The number of rotatable bonds is 3.